The molecule has 0 spiro atoms. The van der Waals surface area contributed by atoms with Gasteiger partial charge in [-0.15, -0.1) is 11.6 Å². The first-order chi connectivity index (χ1) is 6.07. The monoisotopic (exact) mass is 360 g/mol. The lowest BCUT2D eigenvalue weighted by Crippen LogP contribution is -2.89. The highest BCUT2D eigenvalue weighted by molar-refractivity contribution is 9.13. The first-order valence-electron chi connectivity index (χ1n) is 3.26. The fraction of sp³-hybridized carbons (Fsp3) is 0.667. The van der Waals surface area contributed by atoms with Crippen LogP contribution >= 0.6 is 43.5 Å². The molecule has 0 radical (unpaired) electrons. The predicted octanol–water partition coefficient (Wildman–Crippen LogP) is 3.97. The summed E-state index contributed by atoms with van der Waals surface area (Å²) < 4.78 is 59.0. The molecular weight excluding hydrogens is 362 g/mol. The number of rotatable bonds is 0. The molecule has 0 aromatic carbocycles. The summed E-state index contributed by atoms with van der Waals surface area (Å²) >= 11 is 9.28. The van der Waals surface area contributed by atoms with Crippen LogP contribution in [0.15, 0.2) is 11.7 Å². The summed E-state index contributed by atoms with van der Waals surface area (Å²) in [5, 5.41) is 0. The molecule has 2 aliphatic carbocycles. The van der Waals surface area contributed by atoms with Crippen LogP contribution in [-0.2, 0) is 0 Å². The Balaban J connectivity index is 2.65. The van der Waals surface area contributed by atoms with Crippen molar-refractivity contribution >= 4 is 43.5 Å². The van der Waals surface area contributed by atoms with Crippen molar-refractivity contribution in [2.45, 2.75) is 19.7 Å². The van der Waals surface area contributed by atoms with E-state index in [0.717, 1.165) is 0 Å². The van der Waals surface area contributed by atoms with Gasteiger partial charge in [-0.05, 0) is 31.9 Å². The van der Waals surface area contributed by atoms with E-state index >= 15 is 0 Å². The van der Waals surface area contributed by atoms with E-state index in [4.69, 9.17) is 11.6 Å². The van der Waals surface area contributed by atoms with E-state index in [1.807, 2.05) is 15.9 Å². The summed E-state index contributed by atoms with van der Waals surface area (Å²) in [6.45, 7) is 0. The second-order valence-corrected chi connectivity index (χ2v) is 5.85. The maximum Gasteiger partial charge on any atom is 0.253 e. The molecule has 2 unspecified atom stereocenters. The largest absolute Gasteiger partial charge is 0.253 e. The smallest absolute Gasteiger partial charge is 0.229 e. The third-order valence-corrected chi connectivity index (χ3v) is 6.21. The zero-order valence-electron chi connectivity index (χ0n) is 6.02. The Bertz CT molecular complexity index is 333. The van der Waals surface area contributed by atoms with E-state index < -0.39 is 31.4 Å². The molecule has 8 heteroatoms. The Labute approximate surface area is 96.7 Å². The Morgan fingerprint density at radius 3 is 1.71 bits per heavy atom. The van der Waals surface area contributed by atoms with Crippen molar-refractivity contribution in [1.29, 1.82) is 0 Å². The van der Waals surface area contributed by atoms with Gasteiger partial charge in [0.15, 0.2) is 16.5 Å². The molecule has 4 atom stereocenters. The summed E-state index contributed by atoms with van der Waals surface area (Å²) in [5.74, 6) is -3.84. The van der Waals surface area contributed by atoms with Crippen LogP contribution in [0.1, 0.15) is 0 Å². The first-order valence-corrected chi connectivity index (χ1v) is 5.23. The van der Waals surface area contributed by atoms with Crippen molar-refractivity contribution in [2.24, 2.45) is 0 Å². The van der Waals surface area contributed by atoms with Crippen LogP contribution in [0.2, 0.25) is 0 Å². The molecule has 1 fully saturated rings. The zero-order valence-corrected chi connectivity index (χ0v) is 9.95. The van der Waals surface area contributed by atoms with Crippen LogP contribution in [-0.4, -0.2) is 19.7 Å². The average molecular weight is 362 g/mol. The Kier molecular flexibility index (Phi) is 1.85. The second kappa shape index (κ2) is 2.32. The number of alkyl halides is 6. The van der Waals surface area contributed by atoms with Gasteiger partial charge in [-0.25, -0.2) is 22.0 Å². The number of hydrogen-bond donors (Lipinski definition) is 0. The van der Waals surface area contributed by atoms with Gasteiger partial charge in [0.25, 0.3) is 4.58 Å². The van der Waals surface area contributed by atoms with Crippen LogP contribution < -0.4 is 0 Å². The zero-order chi connectivity index (χ0) is 11.2. The van der Waals surface area contributed by atoms with Crippen molar-refractivity contribution < 1.29 is 22.0 Å². The third-order valence-electron chi connectivity index (χ3n) is 2.53. The van der Waals surface area contributed by atoms with Gasteiger partial charge >= 0.3 is 0 Å². The van der Waals surface area contributed by atoms with Crippen LogP contribution in [0.25, 0.3) is 0 Å². The molecular formula is C6Br2ClF5. The summed E-state index contributed by atoms with van der Waals surface area (Å²) in [7, 11) is 0. The highest BCUT2D eigenvalue weighted by atomic mass is 79.9. The molecule has 80 valence electrons. The SMILES string of the molecule is FC1=C(F)C2(Cl)C1(F)[C@@](F)(Br)[C@]2(F)Br. The minimum Gasteiger partial charge on any atom is -0.229 e. The number of halogens is 8. The highest BCUT2D eigenvalue weighted by Gasteiger charge is 3.00. The summed E-state index contributed by atoms with van der Waals surface area (Å²) in [4.78, 5) is -2.97. The lowest BCUT2D eigenvalue weighted by Gasteiger charge is -2.66. The van der Waals surface area contributed by atoms with Gasteiger partial charge in [-0.1, -0.05) is 0 Å². The summed E-state index contributed by atoms with van der Waals surface area (Å²) in [6.07, 6.45) is 0. The van der Waals surface area contributed by atoms with Crippen LogP contribution in [0.3, 0.4) is 0 Å². The molecule has 0 nitrogen and oxygen atoms in total. The Hall–Kier alpha value is 0.640. The van der Waals surface area contributed by atoms with E-state index in [0.29, 0.717) is 0 Å². The average Bonchev–Trinajstić information content (AvgIpc) is 2.11. The molecule has 0 aromatic rings. The molecule has 2 rings (SSSR count). The van der Waals surface area contributed by atoms with Crippen LogP contribution in [0, 0.1) is 0 Å². The number of allylic oxidation sites excluding steroid dienone is 2. The van der Waals surface area contributed by atoms with Crippen LogP contribution in [0.5, 0.6) is 0 Å². The van der Waals surface area contributed by atoms with Crippen molar-refractivity contribution in [2.75, 3.05) is 0 Å². The fourth-order valence-corrected chi connectivity index (χ4v) is 3.76. The summed E-state index contributed by atoms with van der Waals surface area (Å²) in [6, 6.07) is 0. The van der Waals surface area contributed by atoms with Crippen molar-refractivity contribution in [1.82, 2.24) is 0 Å². The predicted molar refractivity (Wildman–Crippen MR) is 47.2 cm³/mol. The van der Waals surface area contributed by atoms with Crippen molar-refractivity contribution in [3.8, 4) is 0 Å². The highest BCUT2D eigenvalue weighted by Crippen LogP contribution is 2.82. The Morgan fingerprint density at radius 1 is 0.929 bits per heavy atom. The molecule has 14 heavy (non-hydrogen) atoms. The second-order valence-electron chi connectivity index (χ2n) is 3.09. The third kappa shape index (κ3) is 0.618. The van der Waals surface area contributed by atoms with Crippen molar-refractivity contribution in [3.05, 3.63) is 11.7 Å². The van der Waals surface area contributed by atoms with E-state index in [1.54, 1.807) is 0 Å². The molecule has 0 N–H and O–H groups in total. The van der Waals surface area contributed by atoms with E-state index in [9.17, 15) is 22.0 Å². The molecule has 0 aromatic heterocycles. The van der Waals surface area contributed by atoms with Gasteiger partial charge in [0, 0.05) is 0 Å². The number of fused-ring (bicyclic) bond motifs is 1. The maximum absolute atomic E-state index is 13.5. The van der Waals surface area contributed by atoms with Crippen molar-refractivity contribution in [3.63, 3.8) is 0 Å². The Morgan fingerprint density at radius 2 is 1.36 bits per heavy atom. The molecule has 0 aliphatic heterocycles. The molecule has 0 bridgehead atoms. The maximum atomic E-state index is 13.5. The lowest BCUT2D eigenvalue weighted by atomic mass is 9.57. The van der Waals surface area contributed by atoms with Crippen LogP contribution in [0.4, 0.5) is 22.0 Å². The van der Waals surface area contributed by atoms with Gasteiger partial charge < -0.3 is 0 Å². The van der Waals surface area contributed by atoms with Gasteiger partial charge in [0.2, 0.25) is 10.2 Å². The quantitative estimate of drug-likeness (QED) is 0.452. The molecule has 2 aliphatic rings. The molecule has 0 amide bonds. The van der Waals surface area contributed by atoms with E-state index in [1.165, 1.54) is 0 Å². The molecule has 0 heterocycles. The van der Waals surface area contributed by atoms with Gasteiger partial charge in [-0.3, -0.25) is 0 Å². The van der Waals surface area contributed by atoms with E-state index in [-0.39, 0.29) is 0 Å². The molecule has 1 saturated carbocycles. The standard InChI is InChI=1S/C6Br2ClF5/c7-5(13)3(9)1(10)2(11)4(3,12)6(5,8)14/t3?,4?,5-,6-/m0/s1. The van der Waals surface area contributed by atoms with Gasteiger partial charge in [-0.2, -0.15) is 0 Å². The van der Waals surface area contributed by atoms with Gasteiger partial charge in [0.1, 0.15) is 0 Å². The minimum atomic E-state index is -3.51. The van der Waals surface area contributed by atoms with E-state index in [2.05, 4.69) is 15.9 Å². The number of hydrogen-bond acceptors (Lipinski definition) is 0. The van der Waals surface area contributed by atoms with Gasteiger partial charge in [0.05, 0.1) is 0 Å². The molecule has 0 saturated heterocycles. The minimum absolute atomic E-state index is 1.83. The topological polar surface area (TPSA) is 0 Å². The first kappa shape index (κ1) is 11.1. The lowest BCUT2D eigenvalue weighted by molar-refractivity contribution is -0.185. The normalized spacial score (nSPS) is 61.7. The summed E-state index contributed by atoms with van der Waals surface area (Å²) in [5.41, 5.74) is -3.51. The fourth-order valence-electron chi connectivity index (χ4n) is 1.62.